The van der Waals surface area contributed by atoms with Gasteiger partial charge in [0.05, 0.1) is 7.11 Å². The zero-order valence-corrected chi connectivity index (χ0v) is 20.1. The van der Waals surface area contributed by atoms with Gasteiger partial charge in [-0.1, -0.05) is 24.3 Å². The Morgan fingerprint density at radius 3 is 1.24 bits per heavy atom. The summed E-state index contributed by atoms with van der Waals surface area (Å²) < 4.78 is 5.23. The monoisotopic (exact) mass is 448 g/mol. The van der Waals surface area contributed by atoms with E-state index in [1.54, 1.807) is 7.11 Å². The Morgan fingerprint density at radius 2 is 0.909 bits per heavy atom. The molecule has 2 aromatic carbocycles. The van der Waals surface area contributed by atoms with Crippen LogP contribution in [0.3, 0.4) is 0 Å². The van der Waals surface area contributed by atoms with E-state index in [1.807, 2.05) is 12.1 Å². The summed E-state index contributed by atoms with van der Waals surface area (Å²) in [6.45, 7) is 0. The lowest BCUT2D eigenvalue weighted by atomic mass is 9.55. The van der Waals surface area contributed by atoms with Gasteiger partial charge in [0.2, 0.25) is 0 Å². The van der Waals surface area contributed by atoms with Crippen LogP contribution < -0.4 is 16.2 Å². The molecule has 0 amide bonds. The number of aromatic hydroxyl groups is 1. The molecule has 6 saturated carbocycles. The molecule has 4 nitrogen and oxygen atoms in total. The summed E-state index contributed by atoms with van der Waals surface area (Å²) in [6.07, 6.45) is 14.5. The van der Waals surface area contributed by atoms with E-state index in [4.69, 9.17) is 16.2 Å². The van der Waals surface area contributed by atoms with Crippen molar-refractivity contribution in [2.75, 3.05) is 7.11 Å². The fourth-order valence-corrected chi connectivity index (χ4v) is 7.05. The molecule has 4 bridgehead atoms. The van der Waals surface area contributed by atoms with E-state index in [0.29, 0.717) is 16.6 Å². The molecule has 8 rings (SSSR count). The zero-order valence-electron chi connectivity index (χ0n) is 20.1. The fourth-order valence-electron chi connectivity index (χ4n) is 7.05. The standard InChI is InChI=1S/C15H21NO.C14H19NO/c1-17-13-4-2-12(3-5-13)14-6-9-15(16,10-7-14)11-8-14;15-14-8-5-13(6-9-14,7-10-14)11-1-3-12(16)4-2-11/h2-5H,6-11,16H2,1H3;1-4,16H,5-10,15H2. The van der Waals surface area contributed by atoms with Crippen molar-refractivity contribution in [3.05, 3.63) is 59.7 Å². The van der Waals surface area contributed by atoms with Crippen molar-refractivity contribution in [1.29, 1.82) is 0 Å². The second-order valence-electron chi connectivity index (χ2n) is 11.6. The first kappa shape index (κ1) is 22.7. The van der Waals surface area contributed by atoms with Gasteiger partial charge < -0.3 is 21.3 Å². The van der Waals surface area contributed by atoms with E-state index in [0.717, 1.165) is 25.0 Å². The molecule has 0 aromatic heterocycles. The highest BCUT2D eigenvalue weighted by atomic mass is 16.5. The maximum absolute atomic E-state index is 9.34. The molecule has 0 unspecified atom stereocenters. The van der Waals surface area contributed by atoms with Crippen molar-refractivity contribution in [2.24, 2.45) is 11.5 Å². The molecule has 0 atom stereocenters. The van der Waals surface area contributed by atoms with Crippen LogP contribution >= 0.6 is 0 Å². The summed E-state index contributed by atoms with van der Waals surface area (Å²) in [5, 5.41) is 9.34. The fraction of sp³-hybridized carbons (Fsp3) is 0.586. The van der Waals surface area contributed by atoms with E-state index in [-0.39, 0.29) is 11.1 Å². The molecule has 0 heterocycles. The Bertz CT molecular complexity index is 917. The first-order valence-corrected chi connectivity index (χ1v) is 12.8. The van der Waals surface area contributed by atoms with Crippen molar-refractivity contribution in [3.63, 3.8) is 0 Å². The van der Waals surface area contributed by atoms with Crippen molar-refractivity contribution < 1.29 is 9.84 Å². The second-order valence-corrected chi connectivity index (χ2v) is 11.6. The first-order valence-electron chi connectivity index (χ1n) is 12.8. The number of fused-ring (bicyclic) bond motifs is 6. The van der Waals surface area contributed by atoms with Crippen LogP contribution in [0.5, 0.6) is 11.5 Å². The zero-order chi connectivity index (χ0) is 23.2. The lowest BCUT2D eigenvalue weighted by molar-refractivity contribution is 0.107. The summed E-state index contributed by atoms with van der Waals surface area (Å²) in [6, 6.07) is 16.5. The van der Waals surface area contributed by atoms with Crippen LogP contribution in [0.1, 0.15) is 88.2 Å². The van der Waals surface area contributed by atoms with Crippen LogP contribution in [0.15, 0.2) is 48.5 Å². The Morgan fingerprint density at radius 1 is 0.576 bits per heavy atom. The minimum atomic E-state index is 0.138. The molecular weight excluding hydrogens is 408 g/mol. The van der Waals surface area contributed by atoms with Gasteiger partial charge in [0.1, 0.15) is 11.5 Å². The third-order valence-corrected chi connectivity index (χ3v) is 9.79. The summed E-state index contributed by atoms with van der Waals surface area (Å²) in [5.41, 5.74) is 16.6. The second kappa shape index (κ2) is 8.32. The van der Waals surface area contributed by atoms with Gasteiger partial charge in [0.15, 0.2) is 0 Å². The van der Waals surface area contributed by atoms with E-state index in [2.05, 4.69) is 36.4 Å². The van der Waals surface area contributed by atoms with Gasteiger partial charge in [0.25, 0.3) is 0 Å². The highest BCUT2D eigenvalue weighted by Gasteiger charge is 2.48. The predicted molar refractivity (Wildman–Crippen MR) is 134 cm³/mol. The van der Waals surface area contributed by atoms with Crippen LogP contribution in [-0.4, -0.2) is 23.3 Å². The van der Waals surface area contributed by atoms with E-state index in [9.17, 15) is 5.11 Å². The molecule has 6 aliphatic carbocycles. The van der Waals surface area contributed by atoms with Gasteiger partial charge in [-0.2, -0.15) is 0 Å². The normalized spacial score (nSPS) is 36.7. The molecule has 6 aliphatic rings. The van der Waals surface area contributed by atoms with Crippen molar-refractivity contribution in [1.82, 2.24) is 0 Å². The molecule has 2 aromatic rings. The minimum Gasteiger partial charge on any atom is -0.508 e. The van der Waals surface area contributed by atoms with Crippen LogP contribution in [-0.2, 0) is 10.8 Å². The quantitative estimate of drug-likeness (QED) is 0.563. The van der Waals surface area contributed by atoms with Crippen LogP contribution in [0.4, 0.5) is 0 Å². The number of nitrogens with two attached hydrogens (primary N) is 2. The van der Waals surface area contributed by atoms with Crippen LogP contribution in [0.2, 0.25) is 0 Å². The number of hydrogen-bond acceptors (Lipinski definition) is 4. The molecule has 6 fully saturated rings. The average Bonchev–Trinajstić information content (AvgIpc) is 2.86. The van der Waals surface area contributed by atoms with E-state index in [1.165, 1.54) is 68.9 Å². The summed E-state index contributed by atoms with van der Waals surface area (Å²) >= 11 is 0. The summed E-state index contributed by atoms with van der Waals surface area (Å²) in [5.74, 6) is 1.31. The molecule has 0 spiro atoms. The number of ether oxygens (including phenoxy) is 1. The number of phenols is 1. The highest BCUT2D eigenvalue weighted by Crippen LogP contribution is 2.53. The van der Waals surface area contributed by atoms with Gasteiger partial charge in [-0.15, -0.1) is 0 Å². The minimum absolute atomic E-state index is 0.138. The van der Waals surface area contributed by atoms with Crippen molar-refractivity contribution in [2.45, 2.75) is 99.0 Å². The molecule has 0 saturated heterocycles. The smallest absolute Gasteiger partial charge is 0.118 e. The van der Waals surface area contributed by atoms with Crippen molar-refractivity contribution in [3.8, 4) is 11.5 Å². The average molecular weight is 449 g/mol. The molecule has 178 valence electrons. The number of phenolic OH excluding ortho intramolecular Hbond substituents is 1. The van der Waals surface area contributed by atoms with E-state index >= 15 is 0 Å². The maximum atomic E-state index is 9.34. The van der Waals surface area contributed by atoms with Gasteiger partial charge in [-0.05, 0) is 123 Å². The molecule has 5 N–H and O–H groups in total. The molecule has 33 heavy (non-hydrogen) atoms. The summed E-state index contributed by atoms with van der Waals surface area (Å²) in [7, 11) is 1.72. The van der Waals surface area contributed by atoms with Gasteiger partial charge in [-0.3, -0.25) is 0 Å². The third-order valence-electron chi connectivity index (χ3n) is 9.79. The topological polar surface area (TPSA) is 81.5 Å². The molecule has 0 aliphatic heterocycles. The third kappa shape index (κ3) is 4.28. The van der Waals surface area contributed by atoms with Gasteiger partial charge in [0, 0.05) is 11.1 Å². The summed E-state index contributed by atoms with van der Waals surface area (Å²) in [4.78, 5) is 0. The Hall–Kier alpha value is -2.04. The Balaban J connectivity index is 0.000000139. The van der Waals surface area contributed by atoms with Crippen molar-refractivity contribution >= 4 is 0 Å². The van der Waals surface area contributed by atoms with Gasteiger partial charge >= 0.3 is 0 Å². The SMILES string of the molecule is COc1ccc(C23CCC(N)(CC2)CC3)cc1.NC12CCC(c3ccc(O)cc3)(CC1)CC2. The first-order chi connectivity index (χ1) is 15.8. The van der Waals surface area contributed by atoms with Crippen LogP contribution in [0.25, 0.3) is 0 Å². The number of benzene rings is 2. The number of rotatable bonds is 3. The maximum Gasteiger partial charge on any atom is 0.118 e. The Labute approximate surface area is 198 Å². The van der Waals surface area contributed by atoms with E-state index < -0.39 is 0 Å². The lowest BCUT2D eigenvalue weighted by Crippen LogP contribution is -2.53. The number of methoxy groups -OCH3 is 1. The number of hydrogen-bond donors (Lipinski definition) is 3. The van der Waals surface area contributed by atoms with Crippen LogP contribution in [0, 0.1) is 0 Å². The highest BCUT2D eigenvalue weighted by molar-refractivity contribution is 5.35. The predicted octanol–water partition coefficient (Wildman–Crippen LogP) is 5.69. The molecular formula is C29H40N2O2. The molecule has 0 radical (unpaired) electrons. The molecule has 4 heteroatoms. The van der Waals surface area contributed by atoms with Gasteiger partial charge in [-0.25, -0.2) is 0 Å². The Kier molecular flexibility index (Phi) is 5.73. The largest absolute Gasteiger partial charge is 0.508 e. The lowest BCUT2D eigenvalue weighted by Gasteiger charge is -2.52.